The van der Waals surface area contributed by atoms with Crippen LogP contribution in [0.4, 0.5) is 5.69 Å². The summed E-state index contributed by atoms with van der Waals surface area (Å²) in [7, 11) is 0. The highest BCUT2D eigenvalue weighted by Crippen LogP contribution is 2.28. The fourth-order valence-corrected chi connectivity index (χ4v) is 3.01. The van der Waals surface area contributed by atoms with Crippen LogP contribution in [-0.2, 0) is 0 Å². The van der Waals surface area contributed by atoms with Crippen molar-refractivity contribution in [2.45, 2.75) is 26.3 Å². The molecule has 2 aromatic carbocycles. The lowest BCUT2D eigenvalue weighted by Gasteiger charge is -2.21. The summed E-state index contributed by atoms with van der Waals surface area (Å²) in [4.78, 5) is 27.6. The molecule has 0 bridgehead atoms. The number of hydrogen-bond acceptors (Lipinski definition) is 6. The van der Waals surface area contributed by atoms with Crippen molar-refractivity contribution in [2.24, 2.45) is 5.92 Å². The van der Waals surface area contributed by atoms with E-state index in [4.69, 9.17) is 16.1 Å². The van der Waals surface area contributed by atoms with Gasteiger partial charge in [0.15, 0.2) is 0 Å². The molecule has 29 heavy (non-hydrogen) atoms. The van der Waals surface area contributed by atoms with E-state index < -0.39 is 11.0 Å². The zero-order valence-corrected chi connectivity index (χ0v) is 16.6. The van der Waals surface area contributed by atoms with Crippen molar-refractivity contribution in [2.75, 3.05) is 0 Å². The van der Waals surface area contributed by atoms with Gasteiger partial charge < -0.3 is 9.84 Å². The zero-order valence-electron chi connectivity index (χ0n) is 15.8. The first kappa shape index (κ1) is 20.5. The summed E-state index contributed by atoms with van der Waals surface area (Å²) in [6.45, 7) is 3.94. The zero-order chi connectivity index (χ0) is 21.0. The molecule has 3 aromatic rings. The SMILES string of the molecule is CC[C@@H](C)[C@H](NC(=O)c1ccccc1Cl)c1nc(-c2cccc([N+](=O)[O-])c2)no1. The molecule has 0 aliphatic heterocycles. The first-order chi connectivity index (χ1) is 13.9. The molecule has 1 heterocycles. The Morgan fingerprint density at radius 2 is 2.03 bits per heavy atom. The summed E-state index contributed by atoms with van der Waals surface area (Å²) in [5.41, 5.74) is 0.731. The van der Waals surface area contributed by atoms with Crippen molar-refractivity contribution in [3.63, 3.8) is 0 Å². The second-order valence-corrected chi connectivity index (χ2v) is 6.99. The third-order valence-corrected chi connectivity index (χ3v) is 4.97. The molecule has 0 fully saturated rings. The Morgan fingerprint density at radius 1 is 1.28 bits per heavy atom. The van der Waals surface area contributed by atoms with E-state index >= 15 is 0 Å². The van der Waals surface area contributed by atoms with E-state index in [9.17, 15) is 14.9 Å². The van der Waals surface area contributed by atoms with Gasteiger partial charge in [-0.3, -0.25) is 14.9 Å². The number of amides is 1. The molecular weight excluding hydrogens is 396 g/mol. The van der Waals surface area contributed by atoms with Crippen LogP contribution in [-0.4, -0.2) is 21.0 Å². The molecule has 150 valence electrons. The molecule has 0 saturated heterocycles. The number of non-ortho nitro benzene ring substituents is 1. The van der Waals surface area contributed by atoms with Gasteiger partial charge in [-0.2, -0.15) is 4.98 Å². The average molecular weight is 415 g/mol. The highest BCUT2D eigenvalue weighted by molar-refractivity contribution is 6.33. The van der Waals surface area contributed by atoms with Crippen LogP contribution in [0.3, 0.4) is 0 Å². The standard InChI is InChI=1S/C20H19ClN4O4/c1-3-12(2)17(22-19(26)15-9-4-5-10-16(15)21)20-23-18(24-29-20)13-7-6-8-14(11-13)25(27)28/h4-12,17H,3H2,1-2H3,(H,22,26)/t12-,17+/m1/s1. The molecule has 1 aromatic heterocycles. The molecule has 0 aliphatic rings. The Morgan fingerprint density at radius 3 is 2.72 bits per heavy atom. The predicted octanol–water partition coefficient (Wildman–Crippen LogP) is 4.82. The number of carbonyl (C=O) groups excluding carboxylic acids is 1. The van der Waals surface area contributed by atoms with Gasteiger partial charge in [-0.15, -0.1) is 0 Å². The van der Waals surface area contributed by atoms with Crippen LogP contribution in [0.1, 0.15) is 42.6 Å². The molecule has 0 aliphatic carbocycles. The summed E-state index contributed by atoms with van der Waals surface area (Å²) < 4.78 is 5.39. The maximum absolute atomic E-state index is 12.7. The van der Waals surface area contributed by atoms with E-state index in [0.29, 0.717) is 16.1 Å². The Kier molecular flexibility index (Phi) is 6.23. The molecular formula is C20H19ClN4O4. The van der Waals surface area contributed by atoms with Crippen molar-refractivity contribution in [1.82, 2.24) is 15.5 Å². The fraction of sp³-hybridized carbons (Fsp3) is 0.250. The van der Waals surface area contributed by atoms with Gasteiger partial charge in [0.25, 0.3) is 11.6 Å². The summed E-state index contributed by atoms with van der Waals surface area (Å²) >= 11 is 6.12. The molecule has 3 rings (SSSR count). The Balaban J connectivity index is 1.89. The molecule has 8 nitrogen and oxygen atoms in total. The topological polar surface area (TPSA) is 111 Å². The maximum Gasteiger partial charge on any atom is 0.270 e. The number of aromatic nitrogens is 2. The lowest BCUT2D eigenvalue weighted by molar-refractivity contribution is -0.384. The molecule has 9 heteroatoms. The summed E-state index contributed by atoms with van der Waals surface area (Å²) in [6, 6.07) is 12.2. The molecule has 1 amide bonds. The largest absolute Gasteiger partial charge is 0.340 e. The van der Waals surface area contributed by atoms with E-state index in [0.717, 1.165) is 6.42 Å². The lowest BCUT2D eigenvalue weighted by Crippen LogP contribution is -2.33. The number of nitro groups is 1. The molecule has 1 N–H and O–H groups in total. The molecule has 0 spiro atoms. The number of nitrogens with zero attached hydrogens (tertiary/aromatic N) is 3. The number of rotatable bonds is 7. The van der Waals surface area contributed by atoms with Gasteiger partial charge >= 0.3 is 0 Å². The van der Waals surface area contributed by atoms with Gasteiger partial charge in [-0.1, -0.05) is 61.3 Å². The summed E-state index contributed by atoms with van der Waals surface area (Å²) in [6.07, 6.45) is 0.752. The summed E-state index contributed by atoms with van der Waals surface area (Å²) in [5.74, 6) is 0.0844. The number of carbonyl (C=O) groups is 1. The van der Waals surface area contributed by atoms with Gasteiger partial charge in [0, 0.05) is 17.7 Å². The molecule has 0 unspecified atom stereocenters. The maximum atomic E-state index is 12.7. The highest BCUT2D eigenvalue weighted by Gasteiger charge is 2.27. The van der Waals surface area contributed by atoms with Crippen molar-refractivity contribution < 1.29 is 14.2 Å². The predicted molar refractivity (Wildman–Crippen MR) is 108 cm³/mol. The number of hydrogen-bond donors (Lipinski definition) is 1. The first-order valence-corrected chi connectivity index (χ1v) is 9.42. The number of nitro benzene ring substituents is 1. The quantitative estimate of drug-likeness (QED) is 0.438. The number of halogens is 1. The van der Waals surface area contributed by atoms with E-state index in [1.807, 2.05) is 13.8 Å². The monoisotopic (exact) mass is 414 g/mol. The molecule has 2 atom stereocenters. The smallest absolute Gasteiger partial charge is 0.270 e. The highest BCUT2D eigenvalue weighted by atomic mass is 35.5. The van der Waals surface area contributed by atoms with Gasteiger partial charge in [0.1, 0.15) is 6.04 Å². The van der Waals surface area contributed by atoms with Crippen LogP contribution in [0.15, 0.2) is 53.1 Å². The van der Waals surface area contributed by atoms with E-state index in [2.05, 4.69) is 15.5 Å². The Hall–Kier alpha value is -3.26. The van der Waals surface area contributed by atoms with Crippen LogP contribution in [0.5, 0.6) is 0 Å². The van der Waals surface area contributed by atoms with Gasteiger partial charge in [-0.05, 0) is 18.1 Å². The minimum Gasteiger partial charge on any atom is -0.340 e. The van der Waals surface area contributed by atoms with Crippen LogP contribution < -0.4 is 5.32 Å². The van der Waals surface area contributed by atoms with E-state index in [-0.39, 0.29) is 29.2 Å². The van der Waals surface area contributed by atoms with Gasteiger partial charge in [0.05, 0.1) is 15.5 Å². The second kappa shape index (κ2) is 8.83. The van der Waals surface area contributed by atoms with Gasteiger partial charge in [-0.25, -0.2) is 0 Å². The number of nitrogens with one attached hydrogen (secondary N) is 1. The van der Waals surface area contributed by atoms with E-state index in [1.54, 1.807) is 36.4 Å². The van der Waals surface area contributed by atoms with Crippen molar-refractivity contribution >= 4 is 23.2 Å². The Labute approximate surface area is 172 Å². The molecule has 0 radical (unpaired) electrons. The van der Waals surface area contributed by atoms with Crippen LogP contribution >= 0.6 is 11.6 Å². The fourth-order valence-electron chi connectivity index (χ4n) is 2.78. The summed E-state index contributed by atoms with van der Waals surface area (Å²) in [5, 5.41) is 18.2. The van der Waals surface area contributed by atoms with Crippen LogP contribution in [0, 0.1) is 16.0 Å². The van der Waals surface area contributed by atoms with Crippen LogP contribution in [0.2, 0.25) is 5.02 Å². The van der Waals surface area contributed by atoms with Crippen molar-refractivity contribution in [3.8, 4) is 11.4 Å². The molecule has 0 saturated carbocycles. The normalized spacial score (nSPS) is 12.9. The van der Waals surface area contributed by atoms with Gasteiger partial charge in [0.2, 0.25) is 11.7 Å². The lowest BCUT2D eigenvalue weighted by atomic mass is 9.98. The van der Waals surface area contributed by atoms with Crippen molar-refractivity contribution in [3.05, 3.63) is 75.1 Å². The minimum absolute atomic E-state index is 0.000141. The third-order valence-electron chi connectivity index (χ3n) is 4.64. The van der Waals surface area contributed by atoms with E-state index in [1.165, 1.54) is 12.1 Å². The first-order valence-electron chi connectivity index (χ1n) is 9.04. The average Bonchev–Trinajstić information content (AvgIpc) is 3.21. The second-order valence-electron chi connectivity index (χ2n) is 6.58. The van der Waals surface area contributed by atoms with Crippen molar-refractivity contribution in [1.29, 1.82) is 0 Å². The Bertz CT molecular complexity index is 1040. The number of benzene rings is 2. The third kappa shape index (κ3) is 4.60. The van der Waals surface area contributed by atoms with Crippen LogP contribution in [0.25, 0.3) is 11.4 Å². The minimum atomic E-state index is -0.538.